The largest absolute Gasteiger partial charge is 0.423 e. The lowest BCUT2D eigenvalue weighted by Crippen LogP contribution is -2.39. The molecule has 0 spiro atoms. The van der Waals surface area contributed by atoms with Gasteiger partial charge in [-0.1, -0.05) is 35.3 Å². The Labute approximate surface area is 142 Å². The third kappa shape index (κ3) is 3.57. The molecule has 0 aliphatic carbocycles. The number of esters is 1. The predicted molar refractivity (Wildman–Crippen MR) is 89.2 cm³/mol. The number of hydrogen-bond acceptors (Lipinski definition) is 4. The summed E-state index contributed by atoms with van der Waals surface area (Å²) >= 11 is 11.7. The summed E-state index contributed by atoms with van der Waals surface area (Å²) in [6.45, 7) is 0. The summed E-state index contributed by atoms with van der Waals surface area (Å²) in [5.41, 5.74) is 1.19. The van der Waals surface area contributed by atoms with Gasteiger partial charge in [0.1, 0.15) is 6.04 Å². The zero-order chi connectivity index (χ0) is 16.4. The summed E-state index contributed by atoms with van der Waals surface area (Å²) in [6.07, 6.45) is -0.0621. The lowest BCUT2D eigenvalue weighted by molar-refractivity contribution is -0.137. The third-order valence-corrected chi connectivity index (χ3v) is 4.04. The van der Waals surface area contributed by atoms with Gasteiger partial charge in [0, 0.05) is 5.69 Å². The van der Waals surface area contributed by atoms with Crippen molar-refractivity contribution in [3.8, 4) is 5.75 Å². The third-order valence-electron chi connectivity index (χ3n) is 3.30. The molecule has 3 rings (SSSR count). The molecule has 2 N–H and O–H groups in total. The summed E-state index contributed by atoms with van der Waals surface area (Å²) in [5, 5.41) is 6.42. The maximum atomic E-state index is 12.1. The van der Waals surface area contributed by atoms with E-state index in [1.165, 1.54) is 0 Å². The molecule has 1 heterocycles. The van der Waals surface area contributed by atoms with E-state index in [1.54, 1.807) is 36.4 Å². The van der Waals surface area contributed by atoms with E-state index in [-0.39, 0.29) is 12.3 Å². The molecule has 118 valence electrons. The Balaban J connectivity index is 1.66. The number of rotatable bonds is 3. The summed E-state index contributed by atoms with van der Waals surface area (Å²) in [4.78, 5) is 24.0. The zero-order valence-electron chi connectivity index (χ0n) is 11.8. The topological polar surface area (TPSA) is 67.4 Å². The Hall–Kier alpha value is -2.24. The van der Waals surface area contributed by atoms with Gasteiger partial charge in [-0.3, -0.25) is 4.79 Å². The van der Waals surface area contributed by atoms with Crippen LogP contribution in [0, 0.1) is 0 Å². The van der Waals surface area contributed by atoms with Crippen LogP contribution in [0.4, 0.5) is 11.4 Å². The molecular formula is C16H12Cl2N2O3. The highest BCUT2D eigenvalue weighted by atomic mass is 35.5. The molecule has 0 radical (unpaired) electrons. The first-order valence-electron chi connectivity index (χ1n) is 6.85. The second-order valence-corrected chi connectivity index (χ2v) is 5.81. The van der Waals surface area contributed by atoms with E-state index in [0.29, 0.717) is 27.2 Å². The van der Waals surface area contributed by atoms with Crippen molar-refractivity contribution in [2.45, 2.75) is 12.5 Å². The van der Waals surface area contributed by atoms with Crippen molar-refractivity contribution >= 4 is 46.5 Å². The Morgan fingerprint density at radius 3 is 2.74 bits per heavy atom. The molecule has 0 unspecified atom stereocenters. The van der Waals surface area contributed by atoms with Gasteiger partial charge in [-0.05, 0) is 30.3 Å². The van der Waals surface area contributed by atoms with Crippen LogP contribution in [0.2, 0.25) is 10.0 Å². The van der Waals surface area contributed by atoms with Gasteiger partial charge in [-0.15, -0.1) is 0 Å². The van der Waals surface area contributed by atoms with Crippen molar-refractivity contribution in [3.05, 3.63) is 52.5 Å². The fraction of sp³-hybridized carbons (Fsp3) is 0.125. The fourth-order valence-corrected chi connectivity index (χ4v) is 2.50. The number of para-hydroxylation sites is 2. The molecule has 1 aliphatic rings. The van der Waals surface area contributed by atoms with Crippen molar-refractivity contribution < 1.29 is 14.3 Å². The minimum absolute atomic E-state index is 0.0621. The van der Waals surface area contributed by atoms with Crippen molar-refractivity contribution in [2.75, 3.05) is 10.6 Å². The summed E-state index contributed by atoms with van der Waals surface area (Å²) in [5.74, 6) is -0.371. The van der Waals surface area contributed by atoms with E-state index < -0.39 is 12.0 Å². The second kappa shape index (κ2) is 6.48. The van der Waals surface area contributed by atoms with Crippen LogP contribution in [0.15, 0.2) is 42.5 Å². The van der Waals surface area contributed by atoms with Crippen molar-refractivity contribution in [1.82, 2.24) is 0 Å². The van der Waals surface area contributed by atoms with E-state index >= 15 is 0 Å². The quantitative estimate of drug-likeness (QED) is 0.653. The van der Waals surface area contributed by atoms with Crippen LogP contribution in [0.1, 0.15) is 6.42 Å². The average Bonchev–Trinajstić information content (AvgIpc) is 2.51. The fourth-order valence-electron chi connectivity index (χ4n) is 2.21. The van der Waals surface area contributed by atoms with E-state index in [9.17, 15) is 9.59 Å². The number of carbonyl (C=O) groups is 2. The molecule has 1 amide bonds. The standard InChI is InChI=1S/C16H12Cl2N2O3/c17-10-6-5-9(7-11(10)18)19-15(21)8-13-16(22)23-14-4-2-1-3-12(14)20-13/h1-7,13,20H,8H2,(H,19,21)/t13-/m0/s1. The van der Waals surface area contributed by atoms with E-state index in [2.05, 4.69) is 10.6 Å². The molecule has 1 atom stereocenters. The number of anilines is 2. The molecule has 0 saturated carbocycles. The molecule has 0 bridgehead atoms. The summed E-state index contributed by atoms with van der Waals surface area (Å²) in [6, 6.07) is 11.1. The van der Waals surface area contributed by atoms with Crippen LogP contribution in [0.5, 0.6) is 5.75 Å². The molecule has 2 aromatic carbocycles. The highest BCUT2D eigenvalue weighted by Crippen LogP contribution is 2.30. The van der Waals surface area contributed by atoms with Crippen LogP contribution in [0.3, 0.4) is 0 Å². The van der Waals surface area contributed by atoms with Gasteiger partial charge in [0.05, 0.1) is 22.2 Å². The van der Waals surface area contributed by atoms with Crippen LogP contribution in [0.25, 0.3) is 0 Å². The van der Waals surface area contributed by atoms with Crippen molar-refractivity contribution in [2.24, 2.45) is 0 Å². The first-order valence-corrected chi connectivity index (χ1v) is 7.60. The number of nitrogens with one attached hydrogen (secondary N) is 2. The SMILES string of the molecule is O=C(C[C@@H]1Nc2ccccc2OC1=O)Nc1ccc(Cl)c(Cl)c1. The summed E-state index contributed by atoms with van der Waals surface area (Å²) in [7, 11) is 0. The van der Waals surface area contributed by atoms with Crippen LogP contribution < -0.4 is 15.4 Å². The second-order valence-electron chi connectivity index (χ2n) is 5.00. The number of ether oxygens (including phenoxy) is 1. The first kappa shape index (κ1) is 15.6. The number of fused-ring (bicyclic) bond motifs is 1. The molecule has 0 aromatic heterocycles. The minimum atomic E-state index is -0.743. The molecule has 0 fully saturated rings. The molecular weight excluding hydrogens is 339 g/mol. The van der Waals surface area contributed by atoms with E-state index in [0.717, 1.165) is 0 Å². The first-order chi connectivity index (χ1) is 11.0. The molecule has 23 heavy (non-hydrogen) atoms. The lowest BCUT2D eigenvalue weighted by Gasteiger charge is -2.25. The Morgan fingerprint density at radius 2 is 1.96 bits per heavy atom. The lowest BCUT2D eigenvalue weighted by atomic mass is 10.1. The number of benzene rings is 2. The van der Waals surface area contributed by atoms with Gasteiger partial charge in [0.25, 0.3) is 0 Å². The number of hydrogen-bond donors (Lipinski definition) is 2. The minimum Gasteiger partial charge on any atom is -0.423 e. The summed E-state index contributed by atoms with van der Waals surface area (Å²) < 4.78 is 5.21. The predicted octanol–water partition coefficient (Wildman–Crippen LogP) is 3.72. The van der Waals surface area contributed by atoms with E-state index in [1.807, 2.05) is 6.07 Å². The molecule has 0 saturated heterocycles. The molecule has 2 aromatic rings. The van der Waals surface area contributed by atoms with Crippen molar-refractivity contribution in [3.63, 3.8) is 0 Å². The number of amides is 1. The zero-order valence-corrected chi connectivity index (χ0v) is 13.3. The van der Waals surface area contributed by atoms with Gasteiger partial charge in [-0.25, -0.2) is 4.79 Å². The van der Waals surface area contributed by atoms with Crippen molar-refractivity contribution in [1.29, 1.82) is 0 Å². The smallest absolute Gasteiger partial charge is 0.334 e. The Kier molecular flexibility index (Phi) is 4.41. The highest BCUT2D eigenvalue weighted by Gasteiger charge is 2.29. The van der Waals surface area contributed by atoms with Crippen LogP contribution >= 0.6 is 23.2 Å². The van der Waals surface area contributed by atoms with Gasteiger partial charge >= 0.3 is 5.97 Å². The van der Waals surface area contributed by atoms with Crippen LogP contribution in [-0.4, -0.2) is 17.9 Å². The molecule has 5 nitrogen and oxygen atoms in total. The molecule has 7 heteroatoms. The van der Waals surface area contributed by atoms with E-state index in [4.69, 9.17) is 27.9 Å². The Bertz CT molecular complexity index is 780. The highest BCUT2D eigenvalue weighted by molar-refractivity contribution is 6.42. The maximum Gasteiger partial charge on any atom is 0.334 e. The number of carbonyl (C=O) groups excluding carboxylic acids is 2. The Morgan fingerprint density at radius 1 is 1.17 bits per heavy atom. The normalized spacial score (nSPS) is 16.1. The monoisotopic (exact) mass is 350 g/mol. The van der Waals surface area contributed by atoms with Crippen LogP contribution in [-0.2, 0) is 9.59 Å². The van der Waals surface area contributed by atoms with Gasteiger partial charge in [0.15, 0.2) is 5.75 Å². The molecule has 1 aliphatic heterocycles. The van der Waals surface area contributed by atoms with Gasteiger partial charge < -0.3 is 15.4 Å². The van der Waals surface area contributed by atoms with Gasteiger partial charge in [-0.2, -0.15) is 0 Å². The maximum absolute atomic E-state index is 12.1. The number of halogens is 2. The average molecular weight is 351 g/mol. The van der Waals surface area contributed by atoms with Gasteiger partial charge in [0.2, 0.25) is 5.91 Å².